The maximum atomic E-state index is 4.60. The van der Waals surface area contributed by atoms with Gasteiger partial charge in [-0.2, -0.15) is 5.10 Å². The van der Waals surface area contributed by atoms with Crippen LogP contribution in [-0.2, 0) is 0 Å². The molecular formula is C23H16N6S. The van der Waals surface area contributed by atoms with E-state index in [2.05, 4.69) is 72.8 Å². The number of thiophene rings is 1. The van der Waals surface area contributed by atoms with E-state index in [1.807, 2.05) is 24.7 Å². The fraction of sp³-hybridized carbons (Fsp3) is 0.0435. The number of rotatable bonds is 3. The Morgan fingerprint density at radius 3 is 2.77 bits per heavy atom. The van der Waals surface area contributed by atoms with Gasteiger partial charge in [0.1, 0.15) is 11.3 Å². The van der Waals surface area contributed by atoms with Crippen molar-refractivity contribution in [2.45, 2.75) is 6.92 Å². The summed E-state index contributed by atoms with van der Waals surface area (Å²) >= 11 is 1.72. The third kappa shape index (κ3) is 2.63. The van der Waals surface area contributed by atoms with Crippen LogP contribution in [0.1, 0.15) is 5.56 Å². The first-order valence-corrected chi connectivity index (χ1v) is 10.4. The molecule has 7 heteroatoms. The zero-order valence-electron chi connectivity index (χ0n) is 16.0. The predicted octanol–water partition coefficient (Wildman–Crippen LogP) is 5.60. The quantitative estimate of drug-likeness (QED) is 0.399. The molecule has 0 spiro atoms. The second-order valence-electron chi connectivity index (χ2n) is 7.16. The SMILES string of the molecule is Cc1ccncc1-c1cc2c(-c3cc4c(-c5cccs5)ccnc4[nH]3)n[nH]c2cn1. The zero-order chi connectivity index (χ0) is 20.1. The number of nitrogens with one attached hydrogen (secondary N) is 2. The third-order valence-corrected chi connectivity index (χ3v) is 6.24. The highest BCUT2D eigenvalue weighted by Crippen LogP contribution is 2.35. The van der Waals surface area contributed by atoms with Crippen molar-refractivity contribution in [3.63, 3.8) is 0 Å². The Kier molecular flexibility index (Phi) is 3.75. The molecule has 0 atom stereocenters. The Morgan fingerprint density at radius 2 is 1.90 bits per heavy atom. The first-order valence-electron chi connectivity index (χ1n) is 9.55. The van der Waals surface area contributed by atoms with Crippen LogP contribution in [-0.4, -0.2) is 30.1 Å². The molecule has 0 fully saturated rings. The van der Waals surface area contributed by atoms with Crippen molar-refractivity contribution in [1.82, 2.24) is 30.1 Å². The summed E-state index contributed by atoms with van der Waals surface area (Å²) in [5.74, 6) is 0. The number of aromatic amines is 2. The Labute approximate surface area is 175 Å². The third-order valence-electron chi connectivity index (χ3n) is 5.34. The fourth-order valence-corrected chi connectivity index (χ4v) is 4.57. The molecule has 0 saturated heterocycles. The van der Waals surface area contributed by atoms with Gasteiger partial charge in [0.15, 0.2) is 0 Å². The first-order chi connectivity index (χ1) is 14.8. The minimum Gasteiger partial charge on any atom is -0.338 e. The van der Waals surface area contributed by atoms with E-state index in [9.17, 15) is 0 Å². The number of fused-ring (bicyclic) bond motifs is 2. The maximum absolute atomic E-state index is 4.60. The van der Waals surface area contributed by atoms with Crippen LogP contribution in [0.25, 0.3) is 55.0 Å². The largest absolute Gasteiger partial charge is 0.338 e. The van der Waals surface area contributed by atoms with Crippen LogP contribution in [0, 0.1) is 6.92 Å². The van der Waals surface area contributed by atoms with Gasteiger partial charge < -0.3 is 4.98 Å². The van der Waals surface area contributed by atoms with Crippen molar-refractivity contribution >= 4 is 33.3 Å². The van der Waals surface area contributed by atoms with Gasteiger partial charge >= 0.3 is 0 Å². The number of aryl methyl sites for hydroxylation is 1. The Bertz CT molecular complexity index is 1510. The molecule has 0 amide bonds. The topological polar surface area (TPSA) is 83.1 Å². The van der Waals surface area contributed by atoms with Gasteiger partial charge in [-0.25, -0.2) is 4.98 Å². The number of aromatic nitrogens is 6. The Morgan fingerprint density at radius 1 is 0.933 bits per heavy atom. The number of hydrogen-bond donors (Lipinski definition) is 2. The molecule has 6 rings (SSSR count). The van der Waals surface area contributed by atoms with E-state index in [1.54, 1.807) is 17.5 Å². The molecule has 6 nitrogen and oxygen atoms in total. The van der Waals surface area contributed by atoms with E-state index in [0.29, 0.717) is 0 Å². The lowest BCUT2D eigenvalue weighted by Crippen LogP contribution is -1.88. The molecule has 0 aliphatic rings. The molecule has 0 aliphatic heterocycles. The van der Waals surface area contributed by atoms with Crippen molar-refractivity contribution in [3.05, 3.63) is 72.1 Å². The number of nitrogens with zero attached hydrogens (tertiary/aromatic N) is 4. The highest BCUT2D eigenvalue weighted by atomic mass is 32.1. The molecule has 30 heavy (non-hydrogen) atoms. The fourth-order valence-electron chi connectivity index (χ4n) is 3.80. The maximum Gasteiger partial charge on any atom is 0.138 e. The monoisotopic (exact) mass is 408 g/mol. The van der Waals surface area contributed by atoms with Crippen LogP contribution in [0.2, 0.25) is 0 Å². The summed E-state index contributed by atoms with van der Waals surface area (Å²) in [6.07, 6.45) is 7.31. The zero-order valence-corrected chi connectivity index (χ0v) is 16.9. The summed E-state index contributed by atoms with van der Waals surface area (Å²) in [6, 6.07) is 12.4. The molecule has 6 aromatic rings. The molecule has 0 aliphatic carbocycles. The summed E-state index contributed by atoms with van der Waals surface area (Å²) in [7, 11) is 0. The van der Waals surface area contributed by atoms with Crippen molar-refractivity contribution in [2.75, 3.05) is 0 Å². The molecule has 6 heterocycles. The van der Waals surface area contributed by atoms with Gasteiger partial charge in [0, 0.05) is 45.4 Å². The Hall–Kier alpha value is -3.84. The molecule has 0 bridgehead atoms. The molecule has 144 valence electrons. The summed E-state index contributed by atoms with van der Waals surface area (Å²) < 4.78 is 0. The van der Waals surface area contributed by atoms with Crippen LogP contribution in [0.4, 0.5) is 0 Å². The van der Waals surface area contributed by atoms with Crippen molar-refractivity contribution in [1.29, 1.82) is 0 Å². The number of H-pyrrole nitrogens is 2. The van der Waals surface area contributed by atoms with E-state index in [1.165, 1.54) is 10.4 Å². The van der Waals surface area contributed by atoms with Crippen LogP contribution in [0.15, 0.2) is 66.6 Å². The Balaban J connectivity index is 1.53. The van der Waals surface area contributed by atoms with Crippen LogP contribution >= 0.6 is 11.3 Å². The molecule has 2 N–H and O–H groups in total. The van der Waals surface area contributed by atoms with E-state index >= 15 is 0 Å². The molecular weight excluding hydrogens is 392 g/mol. The van der Waals surface area contributed by atoms with Crippen LogP contribution in [0.3, 0.4) is 0 Å². The van der Waals surface area contributed by atoms with Gasteiger partial charge in [-0.1, -0.05) is 6.07 Å². The minimum atomic E-state index is 0.851. The number of hydrogen-bond acceptors (Lipinski definition) is 5. The highest BCUT2D eigenvalue weighted by molar-refractivity contribution is 7.13. The molecule has 0 radical (unpaired) electrons. The summed E-state index contributed by atoms with van der Waals surface area (Å²) in [6.45, 7) is 2.06. The second kappa shape index (κ2) is 6.60. The lowest BCUT2D eigenvalue weighted by molar-refractivity contribution is 1.11. The average Bonchev–Trinajstić information content (AvgIpc) is 3.51. The van der Waals surface area contributed by atoms with Crippen molar-refractivity contribution < 1.29 is 0 Å². The van der Waals surface area contributed by atoms with Gasteiger partial charge in [-0.3, -0.25) is 15.1 Å². The van der Waals surface area contributed by atoms with E-state index in [0.717, 1.165) is 50.1 Å². The van der Waals surface area contributed by atoms with Gasteiger partial charge in [-0.15, -0.1) is 11.3 Å². The number of pyridine rings is 3. The molecule has 6 aromatic heterocycles. The molecule has 0 saturated carbocycles. The van der Waals surface area contributed by atoms with E-state index in [-0.39, 0.29) is 0 Å². The highest BCUT2D eigenvalue weighted by Gasteiger charge is 2.16. The molecule has 0 aromatic carbocycles. The second-order valence-corrected chi connectivity index (χ2v) is 8.11. The standard InChI is InChI=1S/C23H16N6S/c1-13-4-6-24-11-17(13)18-10-16-20(12-26-18)28-29-22(16)19-9-15-14(21-3-2-8-30-21)5-7-25-23(15)27-19/h2-12H,1H3,(H,25,27)(H,28,29). The first kappa shape index (κ1) is 17.1. The molecule has 0 unspecified atom stereocenters. The average molecular weight is 408 g/mol. The van der Waals surface area contributed by atoms with E-state index < -0.39 is 0 Å². The van der Waals surface area contributed by atoms with Gasteiger partial charge in [0.2, 0.25) is 0 Å². The summed E-state index contributed by atoms with van der Waals surface area (Å²) in [4.78, 5) is 18.1. The van der Waals surface area contributed by atoms with Crippen molar-refractivity contribution in [3.8, 4) is 33.1 Å². The smallest absolute Gasteiger partial charge is 0.138 e. The van der Waals surface area contributed by atoms with Gasteiger partial charge in [0.05, 0.1) is 23.1 Å². The van der Waals surface area contributed by atoms with Crippen LogP contribution in [0.5, 0.6) is 0 Å². The van der Waals surface area contributed by atoms with E-state index in [4.69, 9.17) is 0 Å². The van der Waals surface area contributed by atoms with Gasteiger partial charge in [0.25, 0.3) is 0 Å². The normalized spacial score (nSPS) is 11.5. The van der Waals surface area contributed by atoms with Gasteiger partial charge in [-0.05, 0) is 48.2 Å². The van der Waals surface area contributed by atoms with Crippen molar-refractivity contribution in [2.24, 2.45) is 0 Å². The predicted molar refractivity (Wildman–Crippen MR) is 120 cm³/mol. The summed E-state index contributed by atoms with van der Waals surface area (Å²) in [5.41, 5.74) is 7.72. The summed E-state index contributed by atoms with van der Waals surface area (Å²) in [5, 5.41) is 11.9. The lowest BCUT2D eigenvalue weighted by atomic mass is 10.1. The minimum absolute atomic E-state index is 0.851. The van der Waals surface area contributed by atoms with Crippen LogP contribution < -0.4 is 0 Å². The lowest BCUT2D eigenvalue weighted by Gasteiger charge is -2.04.